The lowest BCUT2D eigenvalue weighted by Gasteiger charge is -2.23. The van der Waals surface area contributed by atoms with Crippen LogP contribution in [0.4, 0.5) is 0 Å². The summed E-state index contributed by atoms with van der Waals surface area (Å²) in [4.78, 5) is 8.36. The zero-order valence-corrected chi connectivity index (χ0v) is 11.9. The van der Waals surface area contributed by atoms with Crippen LogP contribution >= 0.6 is 0 Å². The molecule has 2 fully saturated rings. The molecule has 1 saturated carbocycles. The van der Waals surface area contributed by atoms with E-state index in [-0.39, 0.29) is 0 Å². The van der Waals surface area contributed by atoms with Crippen molar-refractivity contribution in [3.8, 4) is 0 Å². The second kappa shape index (κ2) is 6.06. The number of hydrogen-bond donors (Lipinski definition) is 2. The fraction of sp³-hybridized carbons (Fsp3) is 0.800. The largest absolute Gasteiger partial charge is 0.379 e. The number of ether oxygens (including phenoxy) is 1. The van der Waals surface area contributed by atoms with Gasteiger partial charge in [-0.3, -0.25) is 0 Å². The van der Waals surface area contributed by atoms with E-state index in [4.69, 9.17) is 9.72 Å². The van der Waals surface area contributed by atoms with Gasteiger partial charge in [0, 0.05) is 30.6 Å². The summed E-state index contributed by atoms with van der Waals surface area (Å²) in [5.74, 6) is 1.82. The summed E-state index contributed by atoms with van der Waals surface area (Å²) in [6, 6.07) is 0.415. The minimum absolute atomic E-state index is 0.415. The first-order chi connectivity index (χ1) is 9.33. The summed E-state index contributed by atoms with van der Waals surface area (Å²) in [7, 11) is 0. The maximum Gasteiger partial charge on any atom is 0.108 e. The summed E-state index contributed by atoms with van der Waals surface area (Å²) >= 11 is 0. The van der Waals surface area contributed by atoms with E-state index in [1.165, 1.54) is 43.5 Å². The van der Waals surface area contributed by atoms with Gasteiger partial charge < -0.3 is 15.0 Å². The maximum absolute atomic E-state index is 5.50. The van der Waals surface area contributed by atoms with E-state index in [0.717, 1.165) is 32.0 Å². The first-order valence-electron chi connectivity index (χ1n) is 7.69. The SMILES string of the molecule is Cc1[nH]c(CC2COCCN2)nc1C1CCCCC1. The number of morpholine rings is 1. The molecule has 3 rings (SSSR count). The highest BCUT2D eigenvalue weighted by Gasteiger charge is 2.22. The van der Waals surface area contributed by atoms with Crippen LogP contribution in [0.1, 0.15) is 55.2 Å². The average Bonchev–Trinajstić information content (AvgIpc) is 2.82. The standard InChI is InChI=1S/C15H25N3O/c1-11-15(12-5-3-2-4-6-12)18-14(17-11)9-13-10-19-8-7-16-13/h12-13,16H,2-10H2,1H3,(H,17,18). The van der Waals surface area contributed by atoms with Crippen LogP contribution in [-0.2, 0) is 11.2 Å². The number of rotatable bonds is 3. The summed E-state index contributed by atoms with van der Waals surface area (Å²) in [6.07, 6.45) is 7.71. The minimum Gasteiger partial charge on any atom is -0.379 e. The van der Waals surface area contributed by atoms with E-state index in [2.05, 4.69) is 17.2 Å². The van der Waals surface area contributed by atoms with Gasteiger partial charge in [0.2, 0.25) is 0 Å². The van der Waals surface area contributed by atoms with Crippen LogP contribution in [-0.4, -0.2) is 35.8 Å². The van der Waals surface area contributed by atoms with E-state index < -0.39 is 0 Å². The quantitative estimate of drug-likeness (QED) is 0.879. The normalized spacial score (nSPS) is 25.6. The highest BCUT2D eigenvalue weighted by atomic mass is 16.5. The van der Waals surface area contributed by atoms with Gasteiger partial charge >= 0.3 is 0 Å². The Balaban J connectivity index is 1.66. The van der Waals surface area contributed by atoms with Crippen molar-refractivity contribution in [2.24, 2.45) is 0 Å². The van der Waals surface area contributed by atoms with Crippen LogP contribution in [0.3, 0.4) is 0 Å². The fourth-order valence-corrected chi connectivity index (χ4v) is 3.39. The fourth-order valence-electron chi connectivity index (χ4n) is 3.39. The third-order valence-corrected chi connectivity index (χ3v) is 4.40. The first kappa shape index (κ1) is 13.1. The predicted molar refractivity (Wildman–Crippen MR) is 75.5 cm³/mol. The van der Waals surface area contributed by atoms with Crippen molar-refractivity contribution in [3.63, 3.8) is 0 Å². The predicted octanol–water partition coefficient (Wildman–Crippen LogP) is 2.30. The molecule has 2 heterocycles. The van der Waals surface area contributed by atoms with Crippen LogP contribution in [0.15, 0.2) is 0 Å². The second-order valence-corrected chi connectivity index (χ2v) is 5.96. The van der Waals surface area contributed by atoms with E-state index in [0.29, 0.717) is 12.0 Å². The molecular weight excluding hydrogens is 238 g/mol. The molecule has 1 aliphatic heterocycles. The molecule has 0 amide bonds. The summed E-state index contributed by atoms with van der Waals surface area (Å²) in [5.41, 5.74) is 2.60. The van der Waals surface area contributed by atoms with E-state index in [9.17, 15) is 0 Å². The Hall–Kier alpha value is -0.870. The smallest absolute Gasteiger partial charge is 0.108 e. The van der Waals surface area contributed by atoms with Crippen molar-refractivity contribution in [2.75, 3.05) is 19.8 Å². The molecule has 0 bridgehead atoms. The molecule has 1 atom stereocenters. The van der Waals surface area contributed by atoms with E-state index in [1.54, 1.807) is 0 Å². The van der Waals surface area contributed by atoms with Crippen molar-refractivity contribution in [3.05, 3.63) is 17.2 Å². The Bertz CT molecular complexity index is 404. The Morgan fingerprint density at radius 2 is 2.11 bits per heavy atom. The second-order valence-electron chi connectivity index (χ2n) is 5.96. The Labute approximate surface area is 115 Å². The molecule has 1 saturated heterocycles. The highest BCUT2D eigenvalue weighted by molar-refractivity contribution is 5.19. The van der Waals surface area contributed by atoms with E-state index >= 15 is 0 Å². The number of aromatic nitrogens is 2. The molecule has 2 N–H and O–H groups in total. The summed E-state index contributed by atoms with van der Waals surface area (Å²) < 4.78 is 5.50. The van der Waals surface area contributed by atoms with Crippen molar-refractivity contribution < 1.29 is 4.74 Å². The lowest BCUT2D eigenvalue weighted by Crippen LogP contribution is -2.42. The van der Waals surface area contributed by atoms with Crippen molar-refractivity contribution in [1.82, 2.24) is 15.3 Å². The Kier molecular flexibility index (Phi) is 4.18. The molecule has 0 radical (unpaired) electrons. The lowest BCUT2D eigenvalue weighted by molar-refractivity contribution is 0.0764. The molecule has 0 spiro atoms. The van der Waals surface area contributed by atoms with E-state index in [1.807, 2.05) is 0 Å². The van der Waals surface area contributed by atoms with Crippen LogP contribution in [0, 0.1) is 6.92 Å². The number of H-pyrrole nitrogens is 1. The summed E-state index contributed by atoms with van der Waals surface area (Å²) in [6.45, 7) is 4.77. The Morgan fingerprint density at radius 1 is 1.26 bits per heavy atom. The number of imidazole rings is 1. The Morgan fingerprint density at radius 3 is 2.84 bits per heavy atom. The number of aromatic amines is 1. The monoisotopic (exact) mass is 263 g/mol. The molecule has 106 valence electrons. The molecule has 0 aromatic carbocycles. The van der Waals surface area contributed by atoms with Gasteiger partial charge in [-0.25, -0.2) is 4.98 Å². The molecule has 1 unspecified atom stereocenters. The van der Waals surface area contributed by atoms with Crippen molar-refractivity contribution in [1.29, 1.82) is 0 Å². The topological polar surface area (TPSA) is 49.9 Å². The summed E-state index contributed by atoms with van der Waals surface area (Å²) in [5, 5.41) is 3.49. The third-order valence-electron chi connectivity index (χ3n) is 4.40. The molecule has 19 heavy (non-hydrogen) atoms. The van der Waals surface area contributed by atoms with Crippen molar-refractivity contribution in [2.45, 2.75) is 57.4 Å². The number of nitrogens with zero attached hydrogens (tertiary/aromatic N) is 1. The average molecular weight is 263 g/mol. The molecular formula is C15H25N3O. The minimum atomic E-state index is 0.415. The molecule has 1 aromatic rings. The van der Waals surface area contributed by atoms with Gasteiger partial charge in [-0.1, -0.05) is 19.3 Å². The van der Waals surface area contributed by atoms with Gasteiger partial charge in [-0.2, -0.15) is 0 Å². The van der Waals surface area contributed by atoms with Crippen LogP contribution < -0.4 is 5.32 Å². The van der Waals surface area contributed by atoms with Crippen LogP contribution in [0.2, 0.25) is 0 Å². The zero-order chi connectivity index (χ0) is 13.1. The van der Waals surface area contributed by atoms with Gasteiger partial charge in [-0.15, -0.1) is 0 Å². The number of hydrogen-bond acceptors (Lipinski definition) is 3. The van der Waals surface area contributed by atoms with Gasteiger partial charge in [0.1, 0.15) is 5.82 Å². The number of nitrogens with one attached hydrogen (secondary N) is 2. The molecule has 4 nitrogen and oxygen atoms in total. The number of aryl methyl sites for hydroxylation is 1. The lowest BCUT2D eigenvalue weighted by atomic mass is 9.86. The van der Waals surface area contributed by atoms with Gasteiger partial charge in [0.05, 0.1) is 18.9 Å². The van der Waals surface area contributed by atoms with Crippen LogP contribution in [0.5, 0.6) is 0 Å². The molecule has 1 aliphatic carbocycles. The van der Waals surface area contributed by atoms with Gasteiger partial charge in [-0.05, 0) is 19.8 Å². The van der Waals surface area contributed by atoms with Crippen molar-refractivity contribution >= 4 is 0 Å². The zero-order valence-electron chi connectivity index (χ0n) is 11.9. The van der Waals surface area contributed by atoms with Gasteiger partial charge in [0.25, 0.3) is 0 Å². The molecule has 4 heteroatoms. The van der Waals surface area contributed by atoms with Crippen LogP contribution in [0.25, 0.3) is 0 Å². The molecule has 1 aromatic heterocycles. The highest BCUT2D eigenvalue weighted by Crippen LogP contribution is 2.33. The first-order valence-corrected chi connectivity index (χ1v) is 7.69. The molecule has 2 aliphatic rings. The third kappa shape index (κ3) is 3.18. The maximum atomic E-state index is 5.50. The van der Waals surface area contributed by atoms with Gasteiger partial charge in [0.15, 0.2) is 0 Å².